The largest absolute Gasteiger partial charge is 0.474 e. The van der Waals surface area contributed by atoms with E-state index < -0.39 is 0 Å². The van der Waals surface area contributed by atoms with Crippen molar-refractivity contribution < 1.29 is 14.2 Å². The van der Waals surface area contributed by atoms with Crippen LogP contribution in [-0.2, 0) is 4.74 Å². The van der Waals surface area contributed by atoms with Crippen LogP contribution in [0.1, 0.15) is 24.1 Å². The molecule has 0 amide bonds. The molecule has 3 heterocycles. The minimum Gasteiger partial charge on any atom is -0.474 e. The number of nitrogens with one attached hydrogen (secondary N) is 2. The smallest absolute Gasteiger partial charge is 0.229 e. The average molecular weight is 373 g/mol. The Hall–Kier alpha value is -2.45. The lowest BCUT2D eigenvalue weighted by atomic mass is 10.1. The van der Waals surface area contributed by atoms with Crippen molar-refractivity contribution >= 4 is 5.82 Å². The molecule has 2 aromatic rings. The Morgan fingerprint density at radius 1 is 1.15 bits per heavy atom. The molecule has 1 aliphatic rings. The number of anilines is 1. The second-order valence-electron chi connectivity index (χ2n) is 6.48. The van der Waals surface area contributed by atoms with Gasteiger partial charge in [-0.2, -0.15) is 0 Å². The van der Waals surface area contributed by atoms with E-state index >= 15 is 0 Å². The molecule has 8 heteroatoms. The summed E-state index contributed by atoms with van der Waals surface area (Å²) in [5.41, 5.74) is 1.56. The number of methoxy groups -OCH3 is 1. The van der Waals surface area contributed by atoms with Crippen LogP contribution in [0.2, 0.25) is 0 Å². The van der Waals surface area contributed by atoms with Gasteiger partial charge in [0.15, 0.2) is 5.75 Å². The number of nitrogens with zero attached hydrogens (tertiary/aromatic N) is 3. The van der Waals surface area contributed by atoms with Gasteiger partial charge in [0.25, 0.3) is 0 Å². The Kier molecular flexibility index (Phi) is 6.78. The van der Waals surface area contributed by atoms with Gasteiger partial charge in [-0.3, -0.25) is 0 Å². The predicted molar refractivity (Wildman–Crippen MR) is 103 cm³/mol. The first kappa shape index (κ1) is 19.3. The maximum atomic E-state index is 6.06. The van der Waals surface area contributed by atoms with E-state index in [1.54, 1.807) is 7.11 Å². The van der Waals surface area contributed by atoms with Crippen molar-refractivity contribution in [3.05, 3.63) is 29.7 Å². The first-order valence-electron chi connectivity index (χ1n) is 9.24. The second-order valence-corrected chi connectivity index (χ2v) is 6.48. The summed E-state index contributed by atoms with van der Waals surface area (Å²) in [7, 11) is 1.67. The summed E-state index contributed by atoms with van der Waals surface area (Å²) < 4.78 is 17.1. The summed E-state index contributed by atoms with van der Waals surface area (Å²) in [6.07, 6.45) is 3.59. The lowest BCUT2D eigenvalue weighted by Crippen LogP contribution is -2.34. The van der Waals surface area contributed by atoms with E-state index in [-0.39, 0.29) is 6.10 Å². The van der Waals surface area contributed by atoms with Crippen molar-refractivity contribution in [2.75, 3.05) is 38.7 Å². The molecule has 0 aliphatic carbocycles. The van der Waals surface area contributed by atoms with E-state index in [2.05, 4.69) is 25.6 Å². The number of piperidine rings is 1. The summed E-state index contributed by atoms with van der Waals surface area (Å²) in [6.45, 7) is 7.07. The minimum absolute atomic E-state index is 0.175. The molecule has 0 atom stereocenters. The lowest BCUT2D eigenvalue weighted by molar-refractivity contribution is 0.154. The van der Waals surface area contributed by atoms with Crippen molar-refractivity contribution in [2.24, 2.45) is 0 Å². The normalized spacial score (nSPS) is 14.8. The zero-order valence-corrected chi connectivity index (χ0v) is 16.1. The van der Waals surface area contributed by atoms with Gasteiger partial charge >= 0.3 is 0 Å². The third-order valence-electron chi connectivity index (χ3n) is 4.41. The topological polar surface area (TPSA) is 90.4 Å². The maximum absolute atomic E-state index is 6.06. The van der Waals surface area contributed by atoms with Gasteiger partial charge in [0.05, 0.1) is 17.9 Å². The first-order chi connectivity index (χ1) is 13.2. The van der Waals surface area contributed by atoms with Gasteiger partial charge in [0, 0.05) is 13.7 Å². The maximum Gasteiger partial charge on any atom is 0.229 e. The Morgan fingerprint density at radius 3 is 2.67 bits per heavy atom. The van der Waals surface area contributed by atoms with Crippen LogP contribution in [-0.4, -0.2) is 54.4 Å². The molecule has 0 bridgehead atoms. The van der Waals surface area contributed by atoms with Crippen molar-refractivity contribution in [1.29, 1.82) is 0 Å². The van der Waals surface area contributed by atoms with E-state index in [9.17, 15) is 0 Å². The van der Waals surface area contributed by atoms with Crippen LogP contribution in [0.3, 0.4) is 0 Å². The van der Waals surface area contributed by atoms with Gasteiger partial charge in [-0.25, -0.2) is 15.0 Å². The number of aromatic nitrogens is 3. The standard InChI is InChI=1S/C19H27N5O3/c1-13-18(26-15-6-8-20-9-7-15)22-12-23-19(13)27-16-4-5-17(24-14(16)2)21-10-11-25-3/h4-5,12,15,20H,6-11H2,1-3H3,(H,21,24). The average Bonchev–Trinajstić information content (AvgIpc) is 2.68. The van der Waals surface area contributed by atoms with Gasteiger partial charge < -0.3 is 24.8 Å². The third-order valence-corrected chi connectivity index (χ3v) is 4.41. The highest BCUT2D eigenvalue weighted by molar-refractivity contribution is 5.44. The van der Waals surface area contributed by atoms with Gasteiger partial charge in [-0.05, 0) is 51.9 Å². The SMILES string of the molecule is COCCNc1ccc(Oc2ncnc(OC3CCNCC3)c2C)c(C)n1. The summed E-state index contributed by atoms with van der Waals surface area (Å²) in [5.74, 6) is 2.50. The highest BCUT2D eigenvalue weighted by atomic mass is 16.5. The van der Waals surface area contributed by atoms with Crippen LogP contribution in [0.25, 0.3) is 0 Å². The summed E-state index contributed by atoms with van der Waals surface area (Å²) in [4.78, 5) is 13.1. The van der Waals surface area contributed by atoms with E-state index in [1.165, 1.54) is 6.33 Å². The Morgan fingerprint density at radius 2 is 1.93 bits per heavy atom. The molecular formula is C19H27N5O3. The molecule has 0 unspecified atom stereocenters. The fourth-order valence-corrected chi connectivity index (χ4v) is 2.85. The van der Waals surface area contributed by atoms with Crippen LogP contribution in [0.4, 0.5) is 5.82 Å². The third kappa shape index (κ3) is 5.27. The Bertz CT molecular complexity index is 750. The molecule has 146 valence electrons. The molecule has 1 saturated heterocycles. The van der Waals surface area contributed by atoms with Crippen LogP contribution in [0, 0.1) is 13.8 Å². The molecule has 0 radical (unpaired) electrons. The Balaban J connectivity index is 1.69. The van der Waals surface area contributed by atoms with E-state index in [0.717, 1.165) is 43.0 Å². The molecule has 0 aromatic carbocycles. The molecule has 0 saturated carbocycles. The van der Waals surface area contributed by atoms with Crippen molar-refractivity contribution in [1.82, 2.24) is 20.3 Å². The van der Waals surface area contributed by atoms with Gasteiger partial charge in [-0.15, -0.1) is 0 Å². The monoisotopic (exact) mass is 373 g/mol. The molecule has 1 fully saturated rings. The second kappa shape index (κ2) is 9.48. The molecule has 1 aliphatic heterocycles. The lowest BCUT2D eigenvalue weighted by Gasteiger charge is -2.24. The van der Waals surface area contributed by atoms with E-state index in [0.29, 0.717) is 30.7 Å². The highest BCUT2D eigenvalue weighted by Crippen LogP contribution is 2.30. The molecule has 2 aromatic heterocycles. The van der Waals surface area contributed by atoms with Crippen molar-refractivity contribution in [3.8, 4) is 17.5 Å². The van der Waals surface area contributed by atoms with Gasteiger partial charge in [0.2, 0.25) is 11.8 Å². The summed E-state index contributed by atoms with van der Waals surface area (Å²) in [5, 5.41) is 6.53. The van der Waals surface area contributed by atoms with Crippen molar-refractivity contribution in [3.63, 3.8) is 0 Å². The number of rotatable bonds is 8. The number of hydrogen-bond donors (Lipinski definition) is 2. The predicted octanol–water partition coefficient (Wildman–Crippen LogP) is 2.47. The number of hydrogen-bond acceptors (Lipinski definition) is 8. The van der Waals surface area contributed by atoms with Crippen LogP contribution in [0.15, 0.2) is 18.5 Å². The molecule has 0 spiro atoms. The van der Waals surface area contributed by atoms with Crippen molar-refractivity contribution in [2.45, 2.75) is 32.8 Å². The number of aryl methyl sites for hydroxylation is 1. The van der Waals surface area contributed by atoms with Crippen LogP contribution >= 0.6 is 0 Å². The zero-order chi connectivity index (χ0) is 19.1. The fourth-order valence-electron chi connectivity index (χ4n) is 2.85. The van der Waals surface area contributed by atoms with E-state index in [4.69, 9.17) is 14.2 Å². The minimum atomic E-state index is 0.175. The molecule has 8 nitrogen and oxygen atoms in total. The molecule has 3 rings (SSSR count). The molecule has 2 N–H and O–H groups in total. The first-order valence-corrected chi connectivity index (χ1v) is 9.24. The fraction of sp³-hybridized carbons (Fsp3) is 0.526. The quantitative estimate of drug-likeness (QED) is 0.682. The number of ether oxygens (including phenoxy) is 3. The van der Waals surface area contributed by atoms with Gasteiger partial charge in [-0.1, -0.05) is 0 Å². The highest BCUT2D eigenvalue weighted by Gasteiger charge is 2.18. The summed E-state index contributed by atoms with van der Waals surface area (Å²) >= 11 is 0. The number of pyridine rings is 1. The Labute approximate surface area is 159 Å². The summed E-state index contributed by atoms with van der Waals surface area (Å²) in [6, 6.07) is 3.76. The molecule has 27 heavy (non-hydrogen) atoms. The van der Waals surface area contributed by atoms with Gasteiger partial charge in [0.1, 0.15) is 18.2 Å². The van der Waals surface area contributed by atoms with Crippen LogP contribution < -0.4 is 20.1 Å². The zero-order valence-electron chi connectivity index (χ0n) is 16.1. The molecular weight excluding hydrogens is 346 g/mol. The van der Waals surface area contributed by atoms with E-state index in [1.807, 2.05) is 26.0 Å². The van der Waals surface area contributed by atoms with Crippen LogP contribution in [0.5, 0.6) is 17.5 Å².